The molecule has 258 valence electrons. The third-order valence-electron chi connectivity index (χ3n) is 6.72. The third kappa shape index (κ3) is 7.75. The number of carboxylic acid groups (broad SMARTS) is 3. The largest absolute Gasteiger partial charge is 0.481 e. The van der Waals surface area contributed by atoms with Crippen LogP contribution in [0, 0.1) is 0 Å². The lowest BCUT2D eigenvalue weighted by atomic mass is 9.83. The van der Waals surface area contributed by atoms with Gasteiger partial charge in [-0.15, -0.1) is 0 Å². The van der Waals surface area contributed by atoms with E-state index in [9.17, 15) is 39.1 Å². The van der Waals surface area contributed by atoms with E-state index >= 15 is 4.39 Å². The maximum absolute atomic E-state index is 15.3. The molecule has 0 amide bonds. The fourth-order valence-corrected chi connectivity index (χ4v) is 6.26. The van der Waals surface area contributed by atoms with Gasteiger partial charge >= 0.3 is 31.4 Å². The van der Waals surface area contributed by atoms with E-state index in [-0.39, 0.29) is 23.5 Å². The van der Waals surface area contributed by atoms with Crippen molar-refractivity contribution < 1.29 is 67.3 Å². The number of anilines is 1. The highest BCUT2D eigenvalue weighted by atomic mass is 31.2. The van der Waals surface area contributed by atoms with Crippen molar-refractivity contribution in [2.45, 2.75) is 50.3 Å². The molecular weight excluding hydrogens is 666 g/mol. The summed E-state index contributed by atoms with van der Waals surface area (Å²) < 4.78 is 51.7. The lowest BCUT2D eigenvalue weighted by Gasteiger charge is -2.27. The summed E-state index contributed by atoms with van der Waals surface area (Å²) in [5.41, 5.74) is 1.88. The second kappa shape index (κ2) is 14.4. The van der Waals surface area contributed by atoms with Gasteiger partial charge in [0.25, 0.3) is 0 Å². The van der Waals surface area contributed by atoms with Crippen molar-refractivity contribution in [2.75, 3.05) is 18.7 Å². The molecule has 19 nitrogen and oxygen atoms in total. The van der Waals surface area contributed by atoms with Crippen molar-refractivity contribution in [2.24, 2.45) is 0 Å². The zero-order valence-electron chi connectivity index (χ0n) is 25.1. The van der Waals surface area contributed by atoms with Crippen LogP contribution < -0.4 is 15.3 Å². The van der Waals surface area contributed by atoms with Crippen LogP contribution in [0.4, 0.5) is 10.2 Å². The number of halogens is 1. The molecule has 0 fully saturated rings. The van der Waals surface area contributed by atoms with Gasteiger partial charge in [0.15, 0.2) is 53.5 Å². The normalized spacial score (nSPS) is 19.8. The number of esters is 1. The van der Waals surface area contributed by atoms with Gasteiger partial charge < -0.3 is 44.9 Å². The number of nitrogens with two attached hydrogens (primary N) is 1. The molecule has 0 saturated carbocycles. The minimum absolute atomic E-state index is 0.0628. The molecule has 4 rings (SSSR count). The number of aliphatic carboxylic acids is 3. The summed E-state index contributed by atoms with van der Waals surface area (Å²) in [5.74, 6) is -11.6. The topological polar surface area (TPSA) is 285 Å². The lowest BCUT2D eigenvalue weighted by molar-refractivity contribution is -0.173. The van der Waals surface area contributed by atoms with E-state index in [0.717, 1.165) is 17.0 Å². The quantitative estimate of drug-likeness (QED) is 0.0910. The number of aliphatic hydroxyl groups is 1. The first-order valence-corrected chi connectivity index (χ1v) is 15.7. The van der Waals surface area contributed by atoms with Crippen LogP contribution in [0.1, 0.15) is 38.2 Å². The molecule has 0 bridgehead atoms. The van der Waals surface area contributed by atoms with Crippen LogP contribution in [0.15, 0.2) is 48.6 Å². The number of carbonyl (C=O) groups is 4. The monoisotopic (exact) mass is 696 g/mol. The Kier molecular flexibility index (Phi) is 10.8. The van der Waals surface area contributed by atoms with Gasteiger partial charge in [-0.25, -0.2) is 29.2 Å². The van der Waals surface area contributed by atoms with Gasteiger partial charge in [-0.2, -0.15) is 0 Å². The highest BCUT2D eigenvalue weighted by molar-refractivity contribution is 7.57. The molecule has 21 heteroatoms. The first-order chi connectivity index (χ1) is 22.6. The molecule has 1 aromatic carbocycles. The molecule has 6 atom stereocenters. The van der Waals surface area contributed by atoms with Crippen LogP contribution in [0.5, 0.6) is 5.75 Å². The number of hydrogen-bond acceptors (Lipinski definition) is 14. The number of carbonyl (C=O) groups excluding carboxylic acids is 1. The molecule has 1 aliphatic rings. The summed E-state index contributed by atoms with van der Waals surface area (Å²) in [4.78, 5) is 59.1. The Balaban J connectivity index is 1.61. The van der Waals surface area contributed by atoms with E-state index < -0.39 is 91.7 Å². The molecular formula is C27H30FN6O13P. The number of carboxylic acids is 3. The van der Waals surface area contributed by atoms with Gasteiger partial charge in [0.05, 0.1) is 19.4 Å². The Labute approximate surface area is 269 Å². The average molecular weight is 697 g/mol. The van der Waals surface area contributed by atoms with Gasteiger partial charge in [0, 0.05) is 6.08 Å². The van der Waals surface area contributed by atoms with E-state index in [4.69, 9.17) is 29.6 Å². The number of rotatable bonds is 16. The zero-order chi connectivity index (χ0) is 35.4. The van der Waals surface area contributed by atoms with Crippen LogP contribution in [-0.4, -0.2) is 94.7 Å². The summed E-state index contributed by atoms with van der Waals surface area (Å²) >= 11 is 0. The number of benzene rings is 1. The Morgan fingerprint density at radius 2 is 1.88 bits per heavy atom. The van der Waals surface area contributed by atoms with Crippen molar-refractivity contribution in [3.8, 4) is 5.75 Å². The van der Waals surface area contributed by atoms with Crippen molar-refractivity contribution in [3.63, 3.8) is 0 Å². The summed E-state index contributed by atoms with van der Waals surface area (Å²) in [7, 11) is -4.06. The number of imidazole rings is 1. The number of fused-ring (bicyclic) bond motifs is 1. The first-order valence-electron chi connectivity index (χ1n) is 13.9. The predicted molar refractivity (Wildman–Crippen MR) is 158 cm³/mol. The van der Waals surface area contributed by atoms with E-state index in [0.29, 0.717) is 0 Å². The van der Waals surface area contributed by atoms with Crippen molar-refractivity contribution >= 4 is 48.4 Å². The van der Waals surface area contributed by atoms with Crippen LogP contribution >= 0.6 is 7.52 Å². The van der Waals surface area contributed by atoms with Gasteiger partial charge in [-0.3, -0.25) is 23.5 Å². The molecule has 0 aliphatic carbocycles. The van der Waals surface area contributed by atoms with E-state index in [1.807, 2.05) is 0 Å². The number of nitrogens with zero attached hydrogens (tertiary/aromatic N) is 4. The maximum atomic E-state index is 15.3. The first kappa shape index (κ1) is 35.8. The summed E-state index contributed by atoms with van der Waals surface area (Å²) in [6.45, 7) is 3.04. The van der Waals surface area contributed by atoms with Crippen molar-refractivity contribution in [1.29, 1.82) is 0 Å². The highest BCUT2D eigenvalue weighted by Gasteiger charge is 2.53. The number of aromatic nitrogens is 4. The molecule has 0 saturated heterocycles. The Bertz CT molecular complexity index is 1790. The molecule has 2 aromatic heterocycles. The van der Waals surface area contributed by atoms with Crippen LogP contribution in [0.25, 0.3) is 11.2 Å². The molecule has 3 aromatic rings. The molecule has 0 radical (unpaired) electrons. The summed E-state index contributed by atoms with van der Waals surface area (Å²) in [6, 6.07) is 6.82. The number of ether oxygens (including phenoxy) is 3. The van der Waals surface area contributed by atoms with E-state index in [1.165, 1.54) is 19.1 Å². The van der Waals surface area contributed by atoms with Gasteiger partial charge in [0.1, 0.15) is 17.3 Å². The second-order valence-electron chi connectivity index (χ2n) is 10.2. The zero-order valence-corrected chi connectivity index (χ0v) is 26.0. The Hall–Kier alpha value is -5.01. The summed E-state index contributed by atoms with van der Waals surface area (Å²) in [5, 5.41) is 41.7. The smallest absolute Gasteiger partial charge is 0.342 e. The van der Waals surface area contributed by atoms with Crippen LogP contribution in [0.2, 0.25) is 0 Å². The van der Waals surface area contributed by atoms with E-state index in [2.05, 4.69) is 20.0 Å². The number of hydrogen-bond donors (Lipinski definition) is 6. The summed E-state index contributed by atoms with van der Waals surface area (Å²) in [6.07, 6.45) is -3.65. The second-order valence-corrected chi connectivity index (χ2v) is 12.3. The SMILES string of the molecule is CCOC(=O)[C@H](C)N[P@](=O)(CO[C@@H]1C=C(F)[C@H](n2cnc3c(N)nc(C(C(=O)O)C(O)(CC(=O)O)C(=O)O)nc32)O1)Oc1ccccc1. The number of para-hydroxylation sites is 1. The predicted octanol–water partition coefficient (Wildman–Crippen LogP) is 1.36. The fraction of sp³-hybridized carbons (Fsp3) is 0.370. The van der Waals surface area contributed by atoms with Gasteiger partial charge in [0.2, 0.25) is 0 Å². The Morgan fingerprint density at radius 3 is 2.48 bits per heavy atom. The fourth-order valence-electron chi connectivity index (χ4n) is 4.57. The molecule has 3 heterocycles. The van der Waals surface area contributed by atoms with Gasteiger partial charge in [-0.05, 0) is 26.0 Å². The van der Waals surface area contributed by atoms with Crippen LogP contribution in [-0.2, 0) is 38.0 Å². The van der Waals surface area contributed by atoms with Gasteiger partial charge in [-0.1, -0.05) is 18.2 Å². The molecule has 2 unspecified atom stereocenters. The Morgan fingerprint density at radius 1 is 1.19 bits per heavy atom. The third-order valence-corrected chi connectivity index (χ3v) is 8.50. The maximum Gasteiger partial charge on any atom is 0.342 e. The van der Waals surface area contributed by atoms with Crippen LogP contribution in [0.3, 0.4) is 0 Å². The van der Waals surface area contributed by atoms with Crippen molar-refractivity contribution in [1.82, 2.24) is 24.6 Å². The molecule has 48 heavy (non-hydrogen) atoms. The van der Waals surface area contributed by atoms with Crippen molar-refractivity contribution in [3.05, 3.63) is 54.4 Å². The highest BCUT2D eigenvalue weighted by Crippen LogP contribution is 2.45. The number of nitrogens with one attached hydrogen (secondary N) is 1. The lowest BCUT2D eigenvalue weighted by Crippen LogP contribution is -2.50. The minimum atomic E-state index is -4.06. The standard InChI is InChI=1S/C27H30FN6O13P/c1-3-44-25(39)13(2)33-48(43,47-14-7-5-4-6-8-14)12-45-17-9-15(28)23(46-17)34-11-30-19-20(29)31-21(32-22(19)34)18(24(37)38)27(42,26(40)41)10-16(35)36/h4-9,11,13,17-18,23,42H,3,10,12H2,1-2H3,(H,33,43)(H,35,36)(H,37,38)(H,40,41)(H2,29,31,32)/t13-,17-,18?,23+,27?,48-/m0/s1. The molecule has 7 N–H and O–H groups in total. The number of nitrogen functional groups attached to an aromatic ring is 1. The molecule has 0 spiro atoms. The average Bonchev–Trinajstić information content (AvgIpc) is 3.59. The van der Waals surface area contributed by atoms with E-state index in [1.54, 1.807) is 25.1 Å². The molecule has 1 aliphatic heterocycles. The minimum Gasteiger partial charge on any atom is -0.481 e.